The fourth-order valence-corrected chi connectivity index (χ4v) is 0.752. The molecule has 0 aliphatic rings. The van der Waals surface area contributed by atoms with E-state index in [4.69, 9.17) is 10.2 Å². The van der Waals surface area contributed by atoms with Gasteiger partial charge in [0.1, 0.15) is 6.61 Å². The second-order valence-corrected chi connectivity index (χ2v) is 2.06. The van der Waals surface area contributed by atoms with Crippen LogP contribution in [0, 0.1) is 6.61 Å². The first-order valence-electron chi connectivity index (χ1n) is 3.05. The van der Waals surface area contributed by atoms with Crippen molar-refractivity contribution in [1.82, 2.24) is 0 Å². The Morgan fingerprint density at radius 3 is 2.73 bits per heavy atom. The highest BCUT2D eigenvalue weighted by Crippen LogP contribution is 2.05. The summed E-state index contributed by atoms with van der Waals surface area (Å²) in [5.41, 5.74) is 0.665. The van der Waals surface area contributed by atoms with Crippen molar-refractivity contribution in [2.24, 2.45) is 0 Å². The lowest BCUT2D eigenvalue weighted by Crippen LogP contribution is -1.96. The zero-order chi connectivity index (χ0) is 8.27. The third kappa shape index (κ3) is 1.78. The maximum absolute atomic E-state index is 10.4. The van der Waals surface area contributed by atoms with Crippen molar-refractivity contribution in [1.29, 1.82) is 0 Å². The van der Waals surface area contributed by atoms with E-state index >= 15 is 0 Å². The first-order valence-corrected chi connectivity index (χ1v) is 3.05. The van der Waals surface area contributed by atoms with E-state index < -0.39 is 5.97 Å². The van der Waals surface area contributed by atoms with Crippen LogP contribution in [-0.2, 0) is 0 Å². The van der Waals surface area contributed by atoms with Crippen LogP contribution in [0.2, 0.25) is 0 Å². The Morgan fingerprint density at radius 1 is 1.45 bits per heavy atom. The molecule has 1 radical (unpaired) electrons. The molecule has 0 heterocycles. The standard InChI is InChI=1S/C8H7O3/c9-5-6-2-1-3-7(4-6)8(10)11/h1-5,9H,(H,10,11). The summed E-state index contributed by atoms with van der Waals surface area (Å²) in [6.07, 6.45) is 0. The van der Waals surface area contributed by atoms with Crippen molar-refractivity contribution in [3.8, 4) is 0 Å². The van der Waals surface area contributed by atoms with E-state index in [1.165, 1.54) is 12.1 Å². The van der Waals surface area contributed by atoms with Crippen LogP contribution >= 0.6 is 0 Å². The summed E-state index contributed by atoms with van der Waals surface area (Å²) in [6, 6.07) is 6.05. The van der Waals surface area contributed by atoms with Crippen LogP contribution in [0.1, 0.15) is 15.9 Å². The minimum atomic E-state index is -0.992. The number of hydrogen-bond acceptors (Lipinski definition) is 2. The summed E-state index contributed by atoms with van der Waals surface area (Å²) in [6.45, 7) is 0.867. The van der Waals surface area contributed by atoms with Gasteiger partial charge in [0.05, 0.1) is 5.56 Å². The molecular weight excluding hydrogens is 144 g/mol. The highest BCUT2D eigenvalue weighted by Gasteiger charge is 2.01. The van der Waals surface area contributed by atoms with Crippen molar-refractivity contribution in [2.45, 2.75) is 0 Å². The predicted molar refractivity (Wildman–Crippen MR) is 38.7 cm³/mol. The van der Waals surface area contributed by atoms with E-state index in [0.717, 1.165) is 6.61 Å². The van der Waals surface area contributed by atoms with E-state index in [1.54, 1.807) is 12.1 Å². The molecule has 11 heavy (non-hydrogen) atoms. The molecule has 0 atom stereocenters. The Bertz CT molecular complexity index is 268. The molecule has 3 nitrogen and oxygen atoms in total. The van der Waals surface area contributed by atoms with E-state index in [0.29, 0.717) is 5.56 Å². The van der Waals surface area contributed by atoms with Gasteiger partial charge in [-0.25, -0.2) is 4.79 Å². The maximum Gasteiger partial charge on any atom is 0.335 e. The molecule has 0 fully saturated rings. The first-order chi connectivity index (χ1) is 5.24. The number of benzene rings is 1. The van der Waals surface area contributed by atoms with Crippen molar-refractivity contribution in [3.63, 3.8) is 0 Å². The molecule has 0 bridgehead atoms. The van der Waals surface area contributed by atoms with Gasteiger partial charge < -0.3 is 10.2 Å². The van der Waals surface area contributed by atoms with Crippen LogP contribution in [0.5, 0.6) is 0 Å². The monoisotopic (exact) mass is 151 g/mol. The van der Waals surface area contributed by atoms with Crippen LogP contribution in [0.4, 0.5) is 0 Å². The Kier molecular flexibility index (Phi) is 2.23. The zero-order valence-electron chi connectivity index (χ0n) is 5.69. The van der Waals surface area contributed by atoms with Gasteiger partial charge in [-0.3, -0.25) is 0 Å². The fraction of sp³-hybridized carbons (Fsp3) is 0. The molecule has 0 aliphatic heterocycles. The third-order valence-corrected chi connectivity index (χ3v) is 1.28. The van der Waals surface area contributed by atoms with Gasteiger partial charge in [-0.1, -0.05) is 12.1 Å². The highest BCUT2D eigenvalue weighted by molar-refractivity contribution is 5.87. The molecule has 57 valence electrons. The van der Waals surface area contributed by atoms with E-state index in [-0.39, 0.29) is 5.56 Å². The number of carboxylic acids is 1. The van der Waals surface area contributed by atoms with Crippen molar-refractivity contribution in [3.05, 3.63) is 42.0 Å². The summed E-state index contributed by atoms with van der Waals surface area (Å²) >= 11 is 0. The van der Waals surface area contributed by atoms with Crippen LogP contribution in [0.3, 0.4) is 0 Å². The Balaban J connectivity index is 3.01. The number of carbonyl (C=O) groups is 1. The lowest BCUT2D eigenvalue weighted by atomic mass is 10.1. The first kappa shape index (κ1) is 7.75. The van der Waals surface area contributed by atoms with Crippen LogP contribution in [0.25, 0.3) is 0 Å². The minimum Gasteiger partial charge on any atom is -0.478 e. The number of rotatable bonds is 2. The molecule has 1 aromatic rings. The maximum atomic E-state index is 10.4. The average Bonchev–Trinajstić information content (AvgIpc) is 2.05. The fourth-order valence-electron chi connectivity index (χ4n) is 0.752. The topological polar surface area (TPSA) is 57.5 Å². The highest BCUT2D eigenvalue weighted by atomic mass is 16.4. The van der Waals surface area contributed by atoms with Crippen molar-refractivity contribution in [2.75, 3.05) is 0 Å². The van der Waals surface area contributed by atoms with Gasteiger partial charge in [0.2, 0.25) is 0 Å². The predicted octanol–water partition coefficient (Wildman–Crippen LogP) is 1.27. The van der Waals surface area contributed by atoms with Crippen LogP contribution < -0.4 is 0 Å². The SMILES string of the molecule is O=C(O)c1cccc([CH]O)c1. The summed E-state index contributed by atoms with van der Waals surface area (Å²) < 4.78 is 0. The molecule has 0 spiro atoms. The van der Waals surface area contributed by atoms with Gasteiger partial charge >= 0.3 is 5.97 Å². The summed E-state index contributed by atoms with van der Waals surface area (Å²) in [5.74, 6) is -0.992. The largest absolute Gasteiger partial charge is 0.478 e. The molecular formula is C8H7O3. The molecule has 0 aliphatic carbocycles. The lowest BCUT2D eigenvalue weighted by molar-refractivity contribution is 0.0697. The lowest BCUT2D eigenvalue weighted by Gasteiger charge is -1.96. The van der Waals surface area contributed by atoms with Gasteiger partial charge in [-0.2, -0.15) is 0 Å². The van der Waals surface area contributed by atoms with Crippen molar-refractivity contribution >= 4 is 5.97 Å². The summed E-state index contributed by atoms with van der Waals surface area (Å²) in [4.78, 5) is 10.4. The normalized spacial score (nSPS) is 9.55. The minimum absolute atomic E-state index is 0.174. The molecule has 3 heteroatoms. The van der Waals surface area contributed by atoms with Crippen molar-refractivity contribution < 1.29 is 15.0 Å². The quantitative estimate of drug-likeness (QED) is 0.669. The van der Waals surface area contributed by atoms with Gasteiger partial charge in [0, 0.05) is 0 Å². The summed E-state index contributed by atoms with van der Waals surface area (Å²) in [7, 11) is 0. The Morgan fingerprint density at radius 2 is 2.18 bits per heavy atom. The van der Waals surface area contributed by atoms with Gasteiger partial charge in [0.25, 0.3) is 0 Å². The molecule has 0 amide bonds. The molecule has 1 rings (SSSR count). The van der Waals surface area contributed by atoms with Crippen LogP contribution in [-0.4, -0.2) is 16.2 Å². The number of carboxylic acid groups (broad SMARTS) is 1. The molecule has 1 aromatic carbocycles. The van der Waals surface area contributed by atoms with Crippen LogP contribution in [0.15, 0.2) is 24.3 Å². The second kappa shape index (κ2) is 3.16. The van der Waals surface area contributed by atoms with E-state index in [1.807, 2.05) is 0 Å². The van der Waals surface area contributed by atoms with E-state index in [2.05, 4.69) is 0 Å². The third-order valence-electron chi connectivity index (χ3n) is 1.28. The molecule has 0 unspecified atom stereocenters. The zero-order valence-corrected chi connectivity index (χ0v) is 5.69. The number of aromatic carboxylic acids is 1. The molecule has 0 aromatic heterocycles. The molecule has 0 saturated heterocycles. The van der Waals surface area contributed by atoms with E-state index in [9.17, 15) is 4.79 Å². The smallest absolute Gasteiger partial charge is 0.335 e. The number of aliphatic hydroxyl groups excluding tert-OH is 1. The van der Waals surface area contributed by atoms with Gasteiger partial charge in [0.15, 0.2) is 0 Å². The summed E-state index contributed by atoms with van der Waals surface area (Å²) in [5, 5.41) is 17.0. The average molecular weight is 151 g/mol. The number of aliphatic hydroxyl groups is 1. The second-order valence-electron chi connectivity index (χ2n) is 2.06. The Labute approximate surface area is 63.9 Å². The molecule has 2 N–H and O–H groups in total. The van der Waals surface area contributed by atoms with Gasteiger partial charge in [-0.15, -0.1) is 0 Å². The van der Waals surface area contributed by atoms with Gasteiger partial charge in [-0.05, 0) is 17.7 Å². The number of hydrogen-bond donors (Lipinski definition) is 2. The molecule has 0 saturated carbocycles. The Hall–Kier alpha value is -1.35.